The Morgan fingerprint density at radius 1 is 1.14 bits per heavy atom. The van der Waals surface area contributed by atoms with Gasteiger partial charge in [0.2, 0.25) is 0 Å². The van der Waals surface area contributed by atoms with Crippen molar-refractivity contribution in [1.29, 1.82) is 0 Å². The third kappa shape index (κ3) is 17.9. The van der Waals surface area contributed by atoms with Crippen molar-refractivity contribution < 1.29 is 62.0 Å². The fraction of sp³-hybridized carbons (Fsp3) is 1.00. The zero-order chi connectivity index (χ0) is 4.12. The summed E-state index contributed by atoms with van der Waals surface area (Å²) in [5.74, 6) is 0. The molecule has 0 aromatic rings. The van der Waals surface area contributed by atoms with E-state index in [4.69, 9.17) is 0 Å². The van der Waals surface area contributed by atoms with Crippen molar-refractivity contribution in [1.82, 2.24) is 0 Å². The molecule has 0 rings (SSSR count). The van der Waals surface area contributed by atoms with Crippen molar-refractivity contribution in [2.75, 3.05) is 0 Å². The van der Waals surface area contributed by atoms with Crippen LogP contribution in [-0.2, 0) is 0 Å². The van der Waals surface area contributed by atoms with Crippen molar-refractivity contribution in [3.63, 3.8) is 0 Å². The smallest absolute Gasteiger partial charge is 1.00 e. The molecule has 0 spiro atoms. The van der Waals surface area contributed by atoms with E-state index in [1.807, 2.05) is 0 Å². The molecule has 0 aromatic carbocycles. The first-order chi connectivity index (χ1) is 2.41. The topological polar surface area (TPSA) is 0 Å². The van der Waals surface area contributed by atoms with Gasteiger partial charge < -0.3 is 2.85 Å². The van der Waals surface area contributed by atoms with Gasteiger partial charge in [0.25, 0.3) is 0 Å². The summed E-state index contributed by atoms with van der Waals surface area (Å²) in [6.45, 7) is 4.55. The minimum atomic E-state index is 0. The number of hydrogen-bond donors (Lipinski definition) is 0. The molecule has 0 aliphatic heterocycles. The number of hydrogen-bond acceptors (Lipinski definition) is 0. The van der Waals surface area contributed by atoms with E-state index < -0.39 is 0 Å². The molecule has 0 fully saturated rings. The van der Waals surface area contributed by atoms with E-state index in [0.29, 0.717) is 9.52 Å². The zero-order valence-corrected chi connectivity index (χ0v) is 11.5. The van der Waals surface area contributed by atoms with Crippen LogP contribution in [0, 0.1) is 0 Å². The molecule has 0 radical (unpaired) electrons. The fourth-order valence-electron chi connectivity index (χ4n) is 0.354. The molecule has 0 unspecified atom stereocenters. The van der Waals surface area contributed by atoms with Gasteiger partial charge in [0, 0.05) is 9.52 Å². The molecule has 0 nitrogen and oxygen atoms in total. The first-order valence-corrected chi connectivity index (χ1v) is 4.41. The predicted molar refractivity (Wildman–Crippen MR) is 31.7 cm³/mol. The minimum absolute atomic E-state index is 0. The van der Waals surface area contributed by atoms with E-state index in [9.17, 15) is 0 Å². The molecular weight excluding hydrogens is 122 g/mol. The van der Waals surface area contributed by atoms with E-state index in [-0.39, 0.29) is 62.0 Å². The molecule has 0 N–H and O–H groups in total. The van der Waals surface area contributed by atoms with Crippen LogP contribution >= 0.6 is 0 Å². The van der Waals surface area contributed by atoms with Crippen LogP contribution in [0.25, 0.3) is 0 Å². The van der Waals surface area contributed by atoms with Gasteiger partial charge in [-0.25, -0.2) is 0 Å². The van der Waals surface area contributed by atoms with Gasteiger partial charge in [-0.2, -0.15) is 0 Å². The maximum atomic E-state index is 2.27. The predicted octanol–water partition coefficient (Wildman–Crippen LogP) is -4.74. The normalized spacial score (nSPS) is 6.00. The molecule has 0 saturated heterocycles. The molecule has 0 aliphatic carbocycles. The minimum Gasteiger partial charge on any atom is -1.00 e. The van der Waals surface area contributed by atoms with Gasteiger partial charge in [-0.05, 0) is 0 Å². The van der Waals surface area contributed by atoms with Crippen LogP contribution in [0.5, 0.6) is 0 Å². The third-order valence-electron chi connectivity index (χ3n) is 0.707. The molecule has 0 aliphatic rings. The van der Waals surface area contributed by atoms with E-state index in [0.717, 1.165) is 0 Å². The van der Waals surface area contributed by atoms with Crippen molar-refractivity contribution in [2.24, 2.45) is 0 Å². The first-order valence-electron chi connectivity index (χ1n) is 2.41. The average molecular weight is 136 g/mol. The second-order valence-electron chi connectivity index (χ2n) is 1.35. The summed E-state index contributed by atoms with van der Waals surface area (Å²) in [7, 11) is 0.432. The largest absolute Gasteiger partial charge is 1.00 e. The van der Waals surface area contributed by atoms with Crippen LogP contribution < -0.4 is 59.1 Å². The monoisotopic (exact) mass is 136 g/mol. The van der Waals surface area contributed by atoms with Gasteiger partial charge in [-0.15, -0.1) is 0 Å². The quantitative estimate of drug-likeness (QED) is 0.335. The summed E-state index contributed by atoms with van der Waals surface area (Å²) >= 11 is 0. The average Bonchev–Trinajstić information content (AvgIpc) is 1.41. The number of rotatable bonds is 2. The summed E-state index contributed by atoms with van der Waals surface area (Å²) in [5, 5.41) is 0. The molecule has 3 heteroatoms. The van der Waals surface area contributed by atoms with Gasteiger partial charge in [0.05, 0.1) is 0 Å². The van der Waals surface area contributed by atoms with E-state index in [1.165, 1.54) is 12.1 Å². The molecule has 0 heterocycles. The standard InChI is InChI=1S/C4H12Si.2Na.2H/c1-3-5-4-2;;;;/h3-5H2,1-2H3;;;;/q;2*+1;2*-1. The van der Waals surface area contributed by atoms with Gasteiger partial charge >= 0.3 is 59.1 Å². The van der Waals surface area contributed by atoms with Gasteiger partial charge in [0.15, 0.2) is 0 Å². The second-order valence-corrected chi connectivity index (χ2v) is 4.06. The van der Waals surface area contributed by atoms with E-state index >= 15 is 0 Å². The van der Waals surface area contributed by atoms with Gasteiger partial charge in [-0.3, -0.25) is 0 Å². The Kier molecular flexibility index (Phi) is 36.2. The van der Waals surface area contributed by atoms with Crippen LogP contribution in [0.2, 0.25) is 12.1 Å². The van der Waals surface area contributed by atoms with Crippen LogP contribution in [0.15, 0.2) is 0 Å². The molecule has 0 saturated carbocycles. The Bertz CT molecular complexity index is 24.0. The Morgan fingerprint density at radius 2 is 1.43 bits per heavy atom. The molecule has 36 valence electrons. The molecule has 7 heavy (non-hydrogen) atoms. The Balaban J connectivity index is -0.0000000133. The molecule has 0 bridgehead atoms. The van der Waals surface area contributed by atoms with E-state index in [2.05, 4.69) is 13.8 Å². The summed E-state index contributed by atoms with van der Waals surface area (Å²) in [5.41, 5.74) is 0. The summed E-state index contributed by atoms with van der Waals surface area (Å²) < 4.78 is 0. The first kappa shape index (κ1) is 16.1. The molecular formula is C4H14Na2Si. The Morgan fingerprint density at radius 3 is 1.43 bits per heavy atom. The van der Waals surface area contributed by atoms with Crippen molar-refractivity contribution in [2.45, 2.75) is 25.9 Å². The van der Waals surface area contributed by atoms with Crippen LogP contribution in [0.3, 0.4) is 0 Å². The maximum absolute atomic E-state index is 2.27. The van der Waals surface area contributed by atoms with Crippen molar-refractivity contribution in [3.8, 4) is 0 Å². The Labute approximate surface area is 96.2 Å². The SMILES string of the molecule is CC[SiH2]CC.[H-].[H-].[Na+].[Na+]. The summed E-state index contributed by atoms with van der Waals surface area (Å²) in [6, 6.07) is 2.97. The van der Waals surface area contributed by atoms with Crippen LogP contribution in [-0.4, -0.2) is 9.52 Å². The maximum Gasteiger partial charge on any atom is 1.00 e. The van der Waals surface area contributed by atoms with Crippen molar-refractivity contribution >= 4 is 9.52 Å². The molecule has 0 amide bonds. The van der Waals surface area contributed by atoms with Gasteiger partial charge in [-0.1, -0.05) is 25.9 Å². The zero-order valence-electron chi connectivity index (χ0n) is 8.12. The van der Waals surface area contributed by atoms with Crippen LogP contribution in [0.4, 0.5) is 0 Å². The molecule has 0 atom stereocenters. The summed E-state index contributed by atoms with van der Waals surface area (Å²) in [6.07, 6.45) is 0. The third-order valence-corrected chi connectivity index (χ3v) is 2.12. The van der Waals surface area contributed by atoms with E-state index in [1.54, 1.807) is 0 Å². The van der Waals surface area contributed by atoms with Crippen LogP contribution in [0.1, 0.15) is 16.7 Å². The summed E-state index contributed by atoms with van der Waals surface area (Å²) in [4.78, 5) is 0. The fourth-order valence-corrected chi connectivity index (χ4v) is 1.06. The van der Waals surface area contributed by atoms with Crippen molar-refractivity contribution in [3.05, 3.63) is 0 Å². The second kappa shape index (κ2) is 15.7. The Hall–Kier alpha value is 2.22. The van der Waals surface area contributed by atoms with Gasteiger partial charge in [0.1, 0.15) is 0 Å². The molecule has 0 aromatic heterocycles.